The van der Waals surface area contributed by atoms with Crippen molar-refractivity contribution in [3.8, 4) is 0 Å². The molecule has 0 unspecified atom stereocenters. The zero-order chi connectivity index (χ0) is 17.4. The fourth-order valence-corrected chi connectivity index (χ4v) is 2.81. The van der Waals surface area contributed by atoms with E-state index in [1.807, 2.05) is 24.1 Å². The molecule has 0 aliphatic carbocycles. The van der Waals surface area contributed by atoms with Gasteiger partial charge in [-0.25, -0.2) is 0 Å². The van der Waals surface area contributed by atoms with Gasteiger partial charge in [0.1, 0.15) is 0 Å². The van der Waals surface area contributed by atoms with Crippen LogP contribution < -0.4 is 10.6 Å². The maximum Gasteiger partial charge on any atom is 0.191 e. The van der Waals surface area contributed by atoms with Crippen LogP contribution in [0.2, 0.25) is 0 Å². The number of morpholine rings is 1. The van der Waals surface area contributed by atoms with Crippen LogP contribution >= 0.6 is 24.0 Å². The lowest BCUT2D eigenvalue weighted by Crippen LogP contribution is -2.52. The molecule has 0 amide bonds. The van der Waals surface area contributed by atoms with Gasteiger partial charge in [0.2, 0.25) is 0 Å². The van der Waals surface area contributed by atoms with E-state index >= 15 is 0 Å². The van der Waals surface area contributed by atoms with Crippen LogP contribution in [0.4, 0.5) is 0 Å². The monoisotopic (exact) mass is 464 g/mol. The van der Waals surface area contributed by atoms with Crippen molar-refractivity contribution in [1.29, 1.82) is 0 Å². The summed E-state index contributed by atoms with van der Waals surface area (Å²) >= 11 is 0. The minimum atomic E-state index is 0. The first-order chi connectivity index (χ1) is 11.5. The molecule has 1 aromatic heterocycles. The van der Waals surface area contributed by atoms with E-state index in [9.17, 15) is 0 Å². The van der Waals surface area contributed by atoms with Gasteiger partial charge in [-0.2, -0.15) is 5.10 Å². The van der Waals surface area contributed by atoms with Gasteiger partial charge in [-0.1, -0.05) is 0 Å². The van der Waals surface area contributed by atoms with Crippen molar-refractivity contribution in [2.24, 2.45) is 12.0 Å². The van der Waals surface area contributed by atoms with E-state index in [2.05, 4.69) is 41.4 Å². The number of hydrogen-bond acceptors (Lipinski definition) is 4. The second-order valence-electron chi connectivity index (χ2n) is 6.81. The summed E-state index contributed by atoms with van der Waals surface area (Å²) in [6.07, 6.45) is 4.89. The Bertz CT molecular complexity index is 525. The Morgan fingerprint density at radius 3 is 2.64 bits per heavy atom. The van der Waals surface area contributed by atoms with E-state index in [1.165, 1.54) is 5.56 Å². The third-order valence-electron chi connectivity index (χ3n) is 4.30. The molecule has 0 bridgehead atoms. The Hall–Kier alpha value is -0.870. The minimum absolute atomic E-state index is 0. The summed E-state index contributed by atoms with van der Waals surface area (Å²) in [7, 11) is 1.94. The molecule has 2 rings (SSSR count). The van der Waals surface area contributed by atoms with Crippen LogP contribution in [-0.4, -0.2) is 72.1 Å². The molecule has 1 aromatic rings. The molecule has 2 N–H and O–H groups in total. The zero-order valence-corrected chi connectivity index (χ0v) is 18.2. The van der Waals surface area contributed by atoms with Gasteiger partial charge in [0.15, 0.2) is 5.96 Å². The highest BCUT2D eigenvalue weighted by Crippen LogP contribution is 2.16. The summed E-state index contributed by atoms with van der Waals surface area (Å²) in [6.45, 7) is 12.6. The summed E-state index contributed by atoms with van der Waals surface area (Å²) in [5.41, 5.74) is 1.27. The number of rotatable bonds is 7. The van der Waals surface area contributed by atoms with E-state index in [0.29, 0.717) is 0 Å². The van der Waals surface area contributed by atoms with Gasteiger partial charge in [-0.3, -0.25) is 14.6 Å². The van der Waals surface area contributed by atoms with E-state index in [1.54, 1.807) is 0 Å². The summed E-state index contributed by atoms with van der Waals surface area (Å²) < 4.78 is 7.28. The van der Waals surface area contributed by atoms with Crippen LogP contribution in [0.5, 0.6) is 0 Å². The largest absolute Gasteiger partial charge is 0.379 e. The van der Waals surface area contributed by atoms with Gasteiger partial charge in [-0.05, 0) is 32.8 Å². The van der Waals surface area contributed by atoms with Gasteiger partial charge < -0.3 is 15.4 Å². The maximum absolute atomic E-state index is 5.45. The van der Waals surface area contributed by atoms with E-state index in [0.717, 1.165) is 58.3 Å². The minimum Gasteiger partial charge on any atom is -0.379 e. The van der Waals surface area contributed by atoms with E-state index in [4.69, 9.17) is 9.73 Å². The maximum atomic E-state index is 5.45. The average molecular weight is 464 g/mol. The van der Waals surface area contributed by atoms with Crippen LogP contribution in [0, 0.1) is 0 Å². The standard InChI is InChI=1S/C17H32N6O.HI/c1-5-18-16(19-7-6-15-12-21-22(4)13-15)20-14-17(2,3)23-8-10-24-11-9-23;/h12-13H,5-11,14H2,1-4H3,(H2,18,19,20);1H. The number of nitrogens with one attached hydrogen (secondary N) is 2. The van der Waals surface area contributed by atoms with Crippen LogP contribution in [0.3, 0.4) is 0 Å². The van der Waals surface area contributed by atoms with Gasteiger partial charge in [0, 0.05) is 45.0 Å². The molecule has 2 heterocycles. The number of hydrogen-bond donors (Lipinski definition) is 2. The van der Waals surface area contributed by atoms with Gasteiger partial charge in [-0.15, -0.1) is 24.0 Å². The lowest BCUT2D eigenvalue weighted by atomic mass is 10.0. The first-order valence-corrected chi connectivity index (χ1v) is 8.84. The fourth-order valence-electron chi connectivity index (χ4n) is 2.81. The third-order valence-corrected chi connectivity index (χ3v) is 4.30. The highest BCUT2D eigenvalue weighted by Gasteiger charge is 2.28. The highest BCUT2D eigenvalue weighted by molar-refractivity contribution is 14.0. The molecule has 25 heavy (non-hydrogen) atoms. The lowest BCUT2D eigenvalue weighted by molar-refractivity contribution is -0.00683. The Labute approximate surface area is 168 Å². The first kappa shape index (κ1) is 22.2. The van der Waals surface area contributed by atoms with Crippen molar-refractivity contribution in [3.05, 3.63) is 18.0 Å². The van der Waals surface area contributed by atoms with Crippen LogP contribution in [0.1, 0.15) is 26.3 Å². The quantitative estimate of drug-likeness (QED) is 0.361. The molecule has 7 nitrogen and oxygen atoms in total. The highest BCUT2D eigenvalue weighted by atomic mass is 127. The SMILES string of the molecule is CCNC(=NCC(C)(C)N1CCOCC1)NCCc1cnn(C)c1.I. The zero-order valence-electron chi connectivity index (χ0n) is 15.9. The molecule has 0 spiro atoms. The molecular formula is C17H33IN6O. The number of aryl methyl sites for hydroxylation is 1. The number of nitrogens with zero attached hydrogens (tertiary/aromatic N) is 4. The molecule has 1 fully saturated rings. The van der Waals surface area contributed by atoms with Crippen molar-refractivity contribution in [1.82, 2.24) is 25.3 Å². The normalized spacial score (nSPS) is 16.4. The molecule has 0 aromatic carbocycles. The van der Waals surface area contributed by atoms with Crippen molar-refractivity contribution in [2.45, 2.75) is 32.7 Å². The number of halogens is 1. The number of aliphatic imine (C=N–C) groups is 1. The van der Waals surface area contributed by atoms with Crippen molar-refractivity contribution < 1.29 is 4.74 Å². The van der Waals surface area contributed by atoms with Crippen LogP contribution in [0.15, 0.2) is 17.4 Å². The molecular weight excluding hydrogens is 431 g/mol. The van der Waals surface area contributed by atoms with Crippen LogP contribution in [-0.2, 0) is 18.2 Å². The molecule has 0 saturated carbocycles. The molecule has 1 aliphatic rings. The van der Waals surface area contributed by atoms with E-state index < -0.39 is 0 Å². The summed E-state index contributed by atoms with van der Waals surface area (Å²) in [6, 6.07) is 0. The Morgan fingerprint density at radius 1 is 1.32 bits per heavy atom. The molecule has 1 saturated heterocycles. The fraction of sp³-hybridized carbons (Fsp3) is 0.765. The van der Waals surface area contributed by atoms with Gasteiger partial charge in [0.05, 0.1) is 26.0 Å². The van der Waals surface area contributed by atoms with Crippen molar-refractivity contribution in [3.63, 3.8) is 0 Å². The molecule has 0 atom stereocenters. The summed E-state index contributed by atoms with van der Waals surface area (Å²) in [4.78, 5) is 7.25. The Kier molecular flexibility index (Phi) is 9.73. The van der Waals surface area contributed by atoms with Gasteiger partial charge in [0.25, 0.3) is 0 Å². The topological polar surface area (TPSA) is 66.7 Å². The number of ether oxygens (including phenoxy) is 1. The lowest BCUT2D eigenvalue weighted by Gasteiger charge is -2.39. The number of guanidine groups is 1. The molecule has 0 radical (unpaired) electrons. The van der Waals surface area contributed by atoms with Crippen molar-refractivity contribution >= 4 is 29.9 Å². The van der Waals surface area contributed by atoms with E-state index in [-0.39, 0.29) is 29.5 Å². The summed E-state index contributed by atoms with van der Waals surface area (Å²) in [5, 5.41) is 10.9. The summed E-state index contributed by atoms with van der Waals surface area (Å²) in [5.74, 6) is 0.878. The Morgan fingerprint density at radius 2 is 2.04 bits per heavy atom. The predicted octanol–water partition coefficient (Wildman–Crippen LogP) is 1.25. The first-order valence-electron chi connectivity index (χ1n) is 8.84. The second-order valence-corrected chi connectivity index (χ2v) is 6.81. The molecule has 144 valence electrons. The third kappa shape index (κ3) is 7.49. The molecule has 8 heteroatoms. The molecule has 1 aliphatic heterocycles. The average Bonchev–Trinajstić information content (AvgIpc) is 2.99. The van der Waals surface area contributed by atoms with Gasteiger partial charge >= 0.3 is 0 Å². The second kappa shape index (κ2) is 11.0. The van der Waals surface area contributed by atoms with Crippen LogP contribution in [0.25, 0.3) is 0 Å². The smallest absolute Gasteiger partial charge is 0.191 e. The van der Waals surface area contributed by atoms with Crippen molar-refractivity contribution in [2.75, 3.05) is 45.9 Å². The Balaban J connectivity index is 0.00000312. The number of aromatic nitrogens is 2. The predicted molar refractivity (Wildman–Crippen MR) is 113 cm³/mol.